The molecule has 156 valence electrons. The first-order valence-electron chi connectivity index (χ1n) is 10.3. The Morgan fingerprint density at radius 3 is 2.74 bits per heavy atom. The van der Waals surface area contributed by atoms with Gasteiger partial charge in [-0.25, -0.2) is 4.98 Å². The fourth-order valence-electron chi connectivity index (χ4n) is 4.20. The standard InChI is InChI=1S/C24H21ClN4O2/c25-18-5-3-6-19(14-18)28-13-11-20(24(28)31)27-22-9-8-17(15-26-22)23(30)29-12-10-16-4-1-2-7-21(16)29/h1-9,14-15,20H,10-13H2,(H,26,27). The first kappa shape index (κ1) is 19.6. The van der Waals surface area contributed by atoms with Gasteiger partial charge in [-0.2, -0.15) is 0 Å². The van der Waals surface area contributed by atoms with E-state index in [-0.39, 0.29) is 17.9 Å². The molecule has 0 bridgehead atoms. The maximum absolute atomic E-state index is 12.9. The van der Waals surface area contributed by atoms with Crippen LogP contribution in [0.2, 0.25) is 5.02 Å². The van der Waals surface area contributed by atoms with Crippen molar-refractivity contribution in [3.05, 3.63) is 83.0 Å². The molecule has 0 aliphatic carbocycles. The lowest BCUT2D eigenvalue weighted by Gasteiger charge is -2.18. The molecular formula is C24H21ClN4O2. The van der Waals surface area contributed by atoms with Gasteiger partial charge in [-0.15, -0.1) is 0 Å². The van der Waals surface area contributed by atoms with Crippen molar-refractivity contribution < 1.29 is 9.59 Å². The summed E-state index contributed by atoms with van der Waals surface area (Å²) in [5, 5.41) is 3.80. The van der Waals surface area contributed by atoms with Gasteiger partial charge in [0.2, 0.25) is 5.91 Å². The number of amides is 2. The zero-order valence-electron chi connectivity index (χ0n) is 16.8. The molecule has 31 heavy (non-hydrogen) atoms. The number of anilines is 3. The normalized spacial score (nSPS) is 17.7. The van der Waals surface area contributed by atoms with Crippen LogP contribution >= 0.6 is 11.6 Å². The summed E-state index contributed by atoms with van der Waals surface area (Å²) in [5.74, 6) is 0.496. The Kier molecular flexibility index (Phi) is 5.08. The smallest absolute Gasteiger partial charge is 0.259 e. The number of fused-ring (bicyclic) bond motifs is 1. The third kappa shape index (κ3) is 3.75. The maximum atomic E-state index is 12.9. The van der Waals surface area contributed by atoms with E-state index in [2.05, 4.69) is 16.4 Å². The van der Waals surface area contributed by atoms with Gasteiger partial charge in [0.25, 0.3) is 5.91 Å². The second-order valence-electron chi connectivity index (χ2n) is 7.72. The molecule has 2 aliphatic rings. The van der Waals surface area contributed by atoms with E-state index in [1.807, 2.05) is 30.3 Å². The highest BCUT2D eigenvalue weighted by Gasteiger charge is 2.33. The summed E-state index contributed by atoms with van der Waals surface area (Å²) in [6.45, 7) is 1.29. The van der Waals surface area contributed by atoms with Crippen molar-refractivity contribution >= 4 is 40.6 Å². The molecule has 1 aromatic heterocycles. The van der Waals surface area contributed by atoms with Crippen molar-refractivity contribution in [3.8, 4) is 0 Å². The van der Waals surface area contributed by atoms with Crippen molar-refractivity contribution in [1.82, 2.24) is 4.98 Å². The third-order valence-corrected chi connectivity index (χ3v) is 6.03. The quantitative estimate of drug-likeness (QED) is 0.672. The molecule has 3 aromatic rings. The summed E-state index contributed by atoms with van der Waals surface area (Å²) in [5.41, 5.74) is 3.47. The predicted octanol–water partition coefficient (Wildman–Crippen LogP) is 4.16. The van der Waals surface area contributed by atoms with Crippen molar-refractivity contribution in [2.75, 3.05) is 28.2 Å². The monoisotopic (exact) mass is 432 g/mol. The average molecular weight is 433 g/mol. The Morgan fingerprint density at radius 2 is 1.94 bits per heavy atom. The van der Waals surface area contributed by atoms with Crippen LogP contribution in [0, 0.1) is 0 Å². The van der Waals surface area contributed by atoms with Gasteiger partial charge >= 0.3 is 0 Å². The van der Waals surface area contributed by atoms with Gasteiger partial charge < -0.3 is 15.1 Å². The number of pyridine rings is 1. The second kappa shape index (κ2) is 8.04. The number of nitrogens with one attached hydrogen (secondary N) is 1. The molecule has 2 aliphatic heterocycles. The van der Waals surface area contributed by atoms with E-state index in [0.717, 1.165) is 17.8 Å². The number of halogens is 1. The van der Waals surface area contributed by atoms with Gasteiger partial charge in [-0.05, 0) is 54.8 Å². The SMILES string of the molecule is O=C1C(Nc2ccc(C(=O)N3CCc4ccccc43)cn2)CCN1c1cccc(Cl)c1. The van der Waals surface area contributed by atoms with E-state index in [4.69, 9.17) is 11.6 Å². The van der Waals surface area contributed by atoms with E-state index in [0.29, 0.717) is 35.9 Å². The Labute approximate surface area is 185 Å². The number of carbonyl (C=O) groups excluding carboxylic acids is 2. The zero-order chi connectivity index (χ0) is 21.4. The maximum Gasteiger partial charge on any atom is 0.259 e. The number of benzene rings is 2. The molecular weight excluding hydrogens is 412 g/mol. The number of hydrogen-bond donors (Lipinski definition) is 1. The van der Waals surface area contributed by atoms with Crippen LogP contribution < -0.4 is 15.1 Å². The second-order valence-corrected chi connectivity index (χ2v) is 8.16. The van der Waals surface area contributed by atoms with Crippen LogP contribution in [0.5, 0.6) is 0 Å². The van der Waals surface area contributed by atoms with E-state index in [9.17, 15) is 9.59 Å². The molecule has 3 heterocycles. The number of aromatic nitrogens is 1. The zero-order valence-corrected chi connectivity index (χ0v) is 17.5. The largest absolute Gasteiger partial charge is 0.358 e. The van der Waals surface area contributed by atoms with Gasteiger partial charge in [0.05, 0.1) is 5.56 Å². The summed E-state index contributed by atoms with van der Waals surface area (Å²) in [6.07, 6.45) is 3.10. The summed E-state index contributed by atoms with van der Waals surface area (Å²) in [7, 11) is 0. The van der Waals surface area contributed by atoms with E-state index in [1.54, 1.807) is 40.3 Å². The number of hydrogen-bond acceptors (Lipinski definition) is 4. The van der Waals surface area contributed by atoms with Crippen LogP contribution in [-0.4, -0.2) is 35.9 Å². The third-order valence-electron chi connectivity index (χ3n) is 5.79. The van der Waals surface area contributed by atoms with Crippen LogP contribution in [0.1, 0.15) is 22.3 Å². The lowest BCUT2D eigenvalue weighted by atomic mass is 10.2. The molecule has 0 spiro atoms. The summed E-state index contributed by atoms with van der Waals surface area (Å²) in [4.78, 5) is 33.7. The summed E-state index contributed by atoms with van der Waals surface area (Å²) >= 11 is 6.06. The van der Waals surface area contributed by atoms with Crippen molar-refractivity contribution in [3.63, 3.8) is 0 Å². The van der Waals surface area contributed by atoms with Gasteiger partial charge in [0, 0.05) is 35.7 Å². The average Bonchev–Trinajstić information content (AvgIpc) is 3.38. The molecule has 6 nitrogen and oxygen atoms in total. The highest BCUT2D eigenvalue weighted by molar-refractivity contribution is 6.31. The highest BCUT2D eigenvalue weighted by atomic mass is 35.5. The minimum Gasteiger partial charge on any atom is -0.358 e. The molecule has 1 saturated heterocycles. The number of nitrogens with zero attached hydrogens (tertiary/aromatic N) is 3. The molecule has 5 rings (SSSR count). The minimum absolute atomic E-state index is 0.0158. The minimum atomic E-state index is -0.363. The number of para-hydroxylation sites is 1. The lowest BCUT2D eigenvalue weighted by Crippen LogP contribution is -2.33. The lowest BCUT2D eigenvalue weighted by molar-refractivity contribution is -0.117. The van der Waals surface area contributed by atoms with Crippen molar-refractivity contribution in [2.24, 2.45) is 0 Å². The summed E-state index contributed by atoms with van der Waals surface area (Å²) < 4.78 is 0. The van der Waals surface area contributed by atoms with E-state index >= 15 is 0 Å². The van der Waals surface area contributed by atoms with Crippen molar-refractivity contribution in [1.29, 1.82) is 0 Å². The fourth-order valence-corrected chi connectivity index (χ4v) is 4.39. The summed E-state index contributed by atoms with van der Waals surface area (Å²) in [6, 6.07) is 18.4. The molecule has 1 fully saturated rings. The Morgan fingerprint density at radius 1 is 1.06 bits per heavy atom. The van der Waals surface area contributed by atoms with Gasteiger partial charge in [-0.3, -0.25) is 9.59 Å². The van der Waals surface area contributed by atoms with Gasteiger partial charge in [-0.1, -0.05) is 35.9 Å². The van der Waals surface area contributed by atoms with E-state index < -0.39 is 0 Å². The molecule has 2 aromatic carbocycles. The van der Waals surface area contributed by atoms with Crippen LogP contribution in [-0.2, 0) is 11.2 Å². The number of rotatable bonds is 4. The molecule has 7 heteroatoms. The van der Waals surface area contributed by atoms with Gasteiger partial charge in [0.1, 0.15) is 11.9 Å². The molecule has 1 atom stereocenters. The molecule has 1 N–H and O–H groups in total. The Hall–Kier alpha value is -3.38. The van der Waals surface area contributed by atoms with Crippen LogP contribution in [0.4, 0.5) is 17.2 Å². The fraction of sp³-hybridized carbons (Fsp3) is 0.208. The molecule has 2 amide bonds. The van der Waals surface area contributed by atoms with E-state index in [1.165, 1.54) is 5.56 Å². The molecule has 0 radical (unpaired) electrons. The van der Waals surface area contributed by atoms with Crippen LogP contribution in [0.15, 0.2) is 66.9 Å². The van der Waals surface area contributed by atoms with Gasteiger partial charge in [0.15, 0.2) is 0 Å². The first-order chi connectivity index (χ1) is 15.1. The first-order valence-corrected chi connectivity index (χ1v) is 10.7. The van der Waals surface area contributed by atoms with Crippen LogP contribution in [0.25, 0.3) is 0 Å². The number of carbonyl (C=O) groups is 2. The van der Waals surface area contributed by atoms with Crippen molar-refractivity contribution in [2.45, 2.75) is 18.9 Å². The molecule has 1 unspecified atom stereocenters. The Bertz CT molecular complexity index is 1150. The highest BCUT2D eigenvalue weighted by Crippen LogP contribution is 2.29. The molecule has 0 saturated carbocycles. The van der Waals surface area contributed by atoms with Crippen LogP contribution in [0.3, 0.4) is 0 Å². The predicted molar refractivity (Wildman–Crippen MR) is 122 cm³/mol. The topological polar surface area (TPSA) is 65.5 Å². The Balaban J connectivity index is 1.26.